The number of amides is 1. The van der Waals surface area contributed by atoms with Gasteiger partial charge in [-0.05, 0) is 24.7 Å². The fraction of sp³-hybridized carbons (Fsp3) is 0.917. The van der Waals surface area contributed by atoms with E-state index in [1.54, 1.807) is 0 Å². The molecule has 80 valence electrons. The van der Waals surface area contributed by atoms with Crippen LogP contribution in [-0.4, -0.2) is 24.4 Å². The Labute approximate surface area is 86.7 Å². The van der Waals surface area contributed by atoms with Gasteiger partial charge in [0.25, 0.3) is 0 Å². The minimum Gasteiger partial charge on any atom is -0.345 e. The van der Waals surface area contributed by atoms with Gasteiger partial charge in [-0.15, -0.1) is 0 Å². The molecule has 1 saturated carbocycles. The van der Waals surface area contributed by atoms with E-state index in [9.17, 15) is 4.79 Å². The summed E-state index contributed by atoms with van der Waals surface area (Å²) in [6.07, 6.45) is 10.8. The fourth-order valence-electron chi connectivity index (χ4n) is 3.10. The molecule has 14 heavy (non-hydrogen) atoms. The molecule has 1 aliphatic carbocycles. The monoisotopic (exact) mass is 195 g/mol. The Balaban J connectivity index is 1.78. The van der Waals surface area contributed by atoms with Crippen LogP contribution in [0.4, 0.5) is 0 Å². The van der Waals surface area contributed by atoms with Crippen molar-refractivity contribution in [2.75, 3.05) is 13.1 Å². The van der Waals surface area contributed by atoms with E-state index >= 15 is 0 Å². The highest BCUT2D eigenvalue weighted by Crippen LogP contribution is 2.35. The van der Waals surface area contributed by atoms with Gasteiger partial charge in [0, 0.05) is 13.1 Å². The maximum absolute atomic E-state index is 10.6. The van der Waals surface area contributed by atoms with Crippen molar-refractivity contribution in [2.45, 2.75) is 44.9 Å². The molecule has 0 atom stereocenters. The van der Waals surface area contributed by atoms with Gasteiger partial charge in [0.05, 0.1) is 0 Å². The van der Waals surface area contributed by atoms with E-state index in [2.05, 4.69) is 0 Å². The van der Waals surface area contributed by atoms with E-state index in [1.807, 2.05) is 4.90 Å². The van der Waals surface area contributed by atoms with Gasteiger partial charge in [-0.1, -0.05) is 32.1 Å². The van der Waals surface area contributed by atoms with Gasteiger partial charge >= 0.3 is 0 Å². The first-order valence-corrected chi connectivity index (χ1v) is 6.09. The van der Waals surface area contributed by atoms with Crippen LogP contribution in [0.3, 0.4) is 0 Å². The summed E-state index contributed by atoms with van der Waals surface area (Å²) in [5, 5.41) is 0. The largest absolute Gasteiger partial charge is 0.345 e. The van der Waals surface area contributed by atoms with Crippen LogP contribution in [-0.2, 0) is 4.79 Å². The van der Waals surface area contributed by atoms with Crippen LogP contribution in [0.1, 0.15) is 44.9 Å². The normalized spacial score (nSPS) is 26.4. The number of carbonyl (C=O) groups is 1. The third-order valence-electron chi connectivity index (χ3n) is 4.04. The Morgan fingerprint density at radius 3 is 2.00 bits per heavy atom. The first-order valence-electron chi connectivity index (χ1n) is 6.09. The van der Waals surface area contributed by atoms with E-state index in [4.69, 9.17) is 0 Å². The van der Waals surface area contributed by atoms with Crippen molar-refractivity contribution in [2.24, 2.45) is 11.8 Å². The minimum atomic E-state index is 0.923. The predicted molar refractivity (Wildman–Crippen MR) is 56.9 cm³/mol. The number of rotatable bonds is 2. The van der Waals surface area contributed by atoms with Crippen molar-refractivity contribution in [3.8, 4) is 0 Å². The molecule has 0 bridgehead atoms. The van der Waals surface area contributed by atoms with Crippen LogP contribution in [0, 0.1) is 11.8 Å². The van der Waals surface area contributed by atoms with Gasteiger partial charge in [0.2, 0.25) is 6.41 Å². The summed E-state index contributed by atoms with van der Waals surface area (Å²) in [7, 11) is 0. The summed E-state index contributed by atoms with van der Waals surface area (Å²) in [6, 6.07) is 0. The SMILES string of the molecule is O=CN1CCC(C2CCCCC2)CC1. The van der Waals surface area contributed by atoms with E-state index in [0.29, 0.717) is 0 Å². The number of hydrogen-bond acceptors (Lipinski definition) is 1. The summed E-state index contributed by atoms with van der Waals surface area (Å²) in [6.45, 7) is 2.01. The molecule has 1 saturated heterocycles. The van der Waals surface area contributed by atoms with Gasteiger partial charge in [-0.2, -0.15) is 0 Å². The quantitative estimate of drug-likeness (QED) is 0.620. The lowest BCUT2D eigenvalue weighted by Crippen LogP contribution is -2.35. The van der Waals surface area contributed by atoms with Gasteiger partial charge in [-0.25, -0.2) is 0 Å². The molecule has 2 heteroatoms. The second-order valence-corrected chi connectivity index (χ2v) is 4.88. The zero-order chi connectivity index (χ0) is 9.80. The van der Waals surface area contributed by atoms with E-state index in [0.717, 1.165) is 31.3 Å². The van der Waals surface area contributed by atoms with Crippen LogP contribution in [0.25, 0.3) is 0 Å². The Kier molecular flexibility index (Phi) is 3.44. The molecule has 2 nitrogen and oxygen atoms in total. The fourth-order valence-corrected chi connectivity index (χ4v) is 3.10. The molecule has 0 spiro atoms. The summed E-state index contributed by atoms with van der Waals surface area (Å²) in [5.74, 6) is 1.91. The number of hydrogen-bond donors (Lipinski definition) is 0. The standard InChI is InChI=1S/C12H21NO/c14-10-13-8-6-12(7-9-13)11-4-2-1-3-5-11/h10-12H,1-9H2. The first-order chi connectivity index (χ1) is 6.90. The number of piperidine rings is 1. The molecule has 2 rings (SSSR count). The molecule has 2 fully saturated rings. The van der Waals surface area contributed by atoms with Crippen molar-refractivity contribution >= 4 is 6.41 Å². The summed E-state index contributed by atoms with van der Waals surface area (Å²) in [5.41, 5.74) is 0. The van der Waals surface area contributed by atoms with E-state index in [-0.39, 0.29) is 0 Å². The van der Waals surface area contributed by atoms with Gasteiger partial charge < -0.3 is 4.90 Å². The summed E-state index contributed by atoms with van der Waals surface area (Å²) >= 11 is 0. The van der Waals surface area contributed by atoms with Gasteiger partial charge in [-0.3, -0.25) is 4.79 Å². The lowest BCUT2D eigenvalue weighted by atomic mass is 9.76. The molecule has 2 aliphatic rings. The van der Waals surface area contributed by atoms with Crippen LogP contribution >= 0.6 is 0 Å². The van der Waals surface area contributed by atoms with E-state index in [1.165, 1.54) is 44.9 Å². The highest BCUT2D eigenvalue weighted by molar-refractivity contribution is 5.47. The third-order valence-corrected chi connectivity index (χ3v) is 4.04. The Morgan fingerprint density at radius 2 is 1.43 bits per heavy atom. The van der Waals surface area contributed by atoms with Crippen molar-refractivity contribution in [3.05, 3.63) is 0 Å². The summed E-state index contributed by atoms with van der Waals surface area (Å²) in [4.78, 5) is 12.5. The molecule has 1 aliphatic heterocycles. The number of nitrogens with zero attached hydrogens (tertiary/aromatic N) is 1. The molecule has 1 amide bonds. The average Bonchev–Trinajstić information content (AvgIpc) is 2.30. The zero-order valence-corrected chi connectivity index (χ0v) is 8.95. The maximum Gasteiger partial charge on any atom is 0.209 e. The molecule has 0 aromatic rings. The number of likely N-dealkylation sites (tertiary alicyclic amines) is 1. The first kappa shape index (κ1) is 10.0. The van der Waals surface area contributed by atoms with Crippen molar-refractivity contribution in [3.63, 3.8) is 0 Å². The lowest BCUT2D eigenvalue weighted by Gasteiger charge is -2.36. The molecular formula is C12H21NO. The maximum atomic E-state index is 10.6. The topological polar surface area (TPSA) is 20.3 Å². The minimum absolute atomic E-state index is 0.923. The molecule has 0 aromatic heterocycles. The average molecular weight is 195 g/mol. The van der Waals surface area contributed by atoms with Crippen molar-refractivity contribution < 1.29 is 4.79 Å². The van der Waals surface area contributed by atoms with Gasteiger partial charge in [0.15, 0.2) is 0 Å². The zero-order valence-electron chi connectivity index (χ0n) is 8.95. The van der Waals surface area contributed by atoms with Crippen LogP contribution in [0.15, 0.2) is 0 Å². The molecule has 0 aromatic carbocycles. The highest BCUT2D eigenvalue weighted by Gasteiger charge is 2.26. The van der Waals surface area contributed by atoms with Crippen LogP contribution in [0.2, 0.25) is 0 Å². The van der Waals surface area contributed by atoms with Crippen LogP contribution in [0.5, 0.6) is 0 Å². The molecule has 1 heterocycles. The van der Waals surface area contributed by atoms with Crippen molar-refractivity contribution in [1.82, 2.24) is 4.90 Å². The number of carbonyl (C=O) groups excluding carboxylic acids is 1. The second kappa shape index (κ2) is 4.81. The third kappa shape index (κ3) is 2.28. The molecule has 0 N–H and O–H groups in total. The molecule has 0 unspecified atom stereocenters. The summed E-state index contributed by atoms with van der Waals surface area (Å²) < 4.78 is 0. The Hall–Kier alpha value is -0.530. The lowest BCUT2D eigenvalue weighted by molar-refractivity contribution is -0.119. The van der Waals surface area contributed by atoms with Gasteiger partial charge in [0.1, 0.15) is 0 Å². The van der Waals surface area contributed by atoms with Crippen molar-refractivity contribution in [1.29, 1.82) is 0 Å². The molecular weight excluding hydrogens is 174 g/mol. The Bertz CT molecular complexity index is 179. The van der Waals surface area contributed by atoms with Crippen LogP contribution < -0.4 is 0 Å². The molecule has 0 radical (unpaired) electrons. The highest BCUT2D eigenvalue weighted by atomic mass is 16.1. The predicted octanol–water partition coefficient (Wildman–Crippen LogP) is 2.44. The smallest absolute Gasteiger partial charge is 0.209 e. The Morgan fingerprint density at radius 1 is 0.857 bits per heavy atom. The van der Waals surface area contributed by atoms with E-state index < -0.39 is 0 Å². The second-order valence-electron chi connectivity index (χ2n) is 4.88.